The monoisotopic (exact) mass is 210 g/mol. The van der Waals surface area contributed by atoms with Crippen LogP contribution in [-0.4, -0.2) is 11.7 Å². The Hall–Kier alpha value is -1.55. The van der Waals surface area contributed by atoms with Crippen molar-refractivity contribution in [3.05, 3.63) is 40.5 Å². The molecule has 4 nitrogen and oxygen atoms in total. The molecule has 0 bridgehead atoms. The molecule has 1 rings (SSSR count). The third-order valence-electron chi connectivity index (χ3n) is 1.94. The van der Waals surface area contributed by atoms with Crippen LogP contribution in [0.4, 0.5) is 0 Å². The molecule has 0 aliphatic rings. The fourth-order valence-electron chi connectivity index (χ4n) is 0.909. The summed E-state index contributed by atoms with van der Waals surface area (Å²) >= 11 is 0. The highest BCUT2D eigenvalue weighted by Crippen LogP contribution is 2.07. The van der Waals surface area contributed by atoms with E-state index in [-0.39, 0.29) is 23.5 Å². The van der Waals surface area contributed by atoms with E-state index in [9.17, 15) is 4.79 Å². The van der Waals surface area contributed by atoms with Gasteiger partial charge in [-0.15, -0.1) is 0 Å². The molecule has 0 spiro atoms. The Labute approximate surface area is 87.8 Å². The van der Waals surface area contributed by atoms with Gasteiger partial charge in [-0.05, 0) is 12.0 Å². The highest BCUT2D eigenvalue weighted by Gasteiger charge is 2.04. The van der Waals surface area contributed by atoms with Crippen LogP contribution in [-0.2, 0) is 6.61 Å². The fraction of sp³-hybridized carbons (Fsp3) is 0.364. The first-order chi connectivity index (χ1) is 7.17. The molecule has 0 aliphatic heterocycles. The van der Waals surface area contributed by atoms with Crippen molar-refractivity contribution in [2.24, 2.45) is 0 Å². The SMILES string of the molecule is C=C(CC)COc1coc(CO)cc1=O. The molecule has 1 aromatic rings. The molecule has 0 unspecified atom stereocenters. The topological polar surface area (TPSA) is 59.7 Å². The maximum atomic E-state index is 11.4. The van der Waals surface area contributed by atoms with Gasteiger partial charge in [-0.25, -0.2) is 0 Å². The molecular weight excluding hydrogens is 196 g/mol. The maximum absolute atomic E-state index is 11.4. The Morgan fingerprint density at radius 3 is 2.93 bits per heavy atom. The van der Waals surface area contributed by atoms with Crippen LogP contribution in [0.3, 0.4) is 0 Å². The maximum Gasteiger partial charge on any atom is 0.227 e. The number of aliphatic hydroxyl groups excluding tert-OH is 1. The van der Waals surface area contributed by atoms with Crippen molar-refractivity contribution < 1.29 is 14.3 Å². The van der Waals surface area contributed by atoms with Crippen molar-refractivity contribution in [2.45, 2.75) is 20.0 Å². The number of hydrogen-bond acceptors (Lipinski definition) is 4. The van der Waals surface area contributed by atoms with Crippen LogP contribution in [0.2, 0.25) is 0 Å². The lowest BCUT2D eigenvalue weighted by molar-refractivity contribution is 0.239. The van der Waals surface area contributed by atoms with Gasteiger partial charge in [-0.3, -0.25) is 4.79 Å². The zero-order chi connectivity index (χ0) is 11.3. The number of ether oxygens (including phenoxy) is 1. The minimum absolute atomic E-state index is 0.141. The molecule has 0 fully saturated rings. The summed E-state index contributed by atoms with van der Waals surface area (Å²) in [7, 11) is 0. The first kappa shape index (κ1) is 11.5. The van der Waals surface area contributed by atoms with Gasteiger partial charge >= 0.3 is 0 Å². The highest BCUT2D eigenvalue weighted by molar-refractivity contribution is 5.18. The smallest absolute Gasteiger partial charge is 0.227 e. The molecule has 0 aliphatic carbocycles. The predicted molar refractivity (Wildman–Crippen MR) is 55.8 cm³/mol. The first-order valence-electron chi connectivity index (χ1n) is 4.69. The van der Waals surface area contributed by atoms with Crippen LogP contribution >= 0.6 is 0 Å². The van der Waals surface area contributed by atoms with Crippen LogP contribution in [0, 0.1) is 0 Å². The lowest BCUT2D eigenvalue weighted by atomic mass is 10.2. The average Bonchev–Trinajstić information content (AvgIpc) is 2.26. The lowest BCUT2D eigenvalue weighted by Gasteiger charge is -2.05. The molecule has 82 valence electrons. The standard InChI is InChI=1S/C11H14O4/c1-3-8(2)6-15-11-7-14-9(5-12)4-10(11)13/h4,7,12H,2-3,5-6H2,1H3. The largest absolute Gasteiger partial charge is 0.482 e. The highest BCUT2D eigenvalue weighted by atomic mass is 16.5. The van der Waals surface area contributed by atoms with E-state index in [0.717, 1.165) is 12.0 Å². The molecule has 15 heavy (non-hydrogen) atoms. The van der Waals surface area contributed by atoms with Crippen molar-refractivity contribution in [1.29, 1.82) is 0 Å². The van der Waals surface area contributed by atoms with Crippen LogP contribution < -0.4 is 10.2 Å². The second-order valence-electron chi connectivity index (χ2n) is 3.13. The van der Waals surface area contributed by atoms with Crippen molar-refractivity contribution in [3.8, 4) is 5.75 Å². The van der Waals surface area contributed by atoms with Gasteiger partial charge in [-0.2, -0.15) is 0 Å². The number of aliphatic hydroxyl groups is 1. The second kappa shape index (κ2) is 5.36. The summed E-state index contributed by atoms with van der Waals surface area (Å²) in [4.78, 5) is 11.4. The zero-order valence-electron chi connectivity index (χ0n) is 8.66. The van der Waals surface area contributed by atoms with E-state index < -0.39 is 0 Å². The summed E-state index contributed by atoms with van der Waals surface area (Å²) in [5.41, 5.74) is 0.606. The minimum atomic E-state index is -0.297. The van der Waals surface area contributed by atoms with Gasteiger partial charge in [-0.1, -0.05) is 13.5 Å². The minimum Gasteiger partial charge on any atom is -0.482 e. The Kier molecular flexibility index (Phi) is 4.12. The van der Waals surface area contributed by atoms with E-state index in [1.807, 2.05) is 6.92 Å². The molecule has 0 aromatic carbocycles. The van der Waals surface area contributed by atoms with E-state index in [1.54, 1.807) is 0 Å². The normalized spacial score (nSPS) is 10.0. The van der Waals surface area contributed by atoms with E-state index in [4.69, 9.17) is 14.3 Å². The van der Waals surface area contributed by atoms with Gasteiger partial charge in [0.25, 0.3) is 0 Å². The van der Waals surface area contributed by atoms with Crippen molar-refractivity contribution in [1.82, 2.24) is 0 Å². The first-order valence-corrected chi connectivity index (χ1v) is 4.69. The molecule has 0 amide bonds. The van der Waals surface area contributed by atoms with Gasteiger partial charge < -0.3 is 14.3 Å². The molecular formula is C11H14O4. The molecule has 1 aromatic heterocycles. The molecule has 4 heteroatoms. The van der Waals surface area contributed by atoms with Gasteiger partial charge in [0.1, 0.15) is 25.2 Å². The quantitative estimate of drug-likeness (QED) is 0.748. The average molecular weight is 210 g/mol. The van der Waals surface area contributed by atoms with Crippen LogP contribution in [0.25, 0.3) is 0 Å². The van der Waals surface area contributed by atoms with Crippen molar-refractivity contribution in [2.75, 3.05) is 6.61 Å². The molecule has 0 radical (unpaired) electrons. The third kappa shape index (κ3) is 3.25. The zero-order valence-corrected chi connectivity index (χ0v) is 8.66. The van der Waals surface area contributed by atoms with E-state index >= 15 is 0 Å². The molecule has 0 saturated carbocycles. The molecule has 0 saturated heterocycles. The number of rotatable bonds is 5. The summed E-state index contributed by atoms with van der Waals surface area (Å²) in [5.74, 6) is 0.364. The Balaban J connectivity index is 2.70. The van der Waals surface area contributed by atoms with Crippen LogP contribution in [0.1, 0.15) is 19.1 Å². The molecule has 0 atom stereocenters. The Morgan fingerprint density at radius 2 is 2.40 bits per heavy atom. The summed E-state index contributed by atoms with van der Waals surface area (Å²) in [6.45, 7) is 5.73. The molecule has 1 heterocycles. The Morgan fingerprint density at radius 1 is 1.67 bits per heavy atom. The molecule has 1 N–H and O–H groups in total. The van der Waals surface area contributed by atoms with E-state index in [0.29, 0.717) is 6.61 Å². The third-order valence-corrected chi connectivity index (χ3v) is 1.94. The van der Waals surface area contributed by atoms with Crippen molar-refractivity contribution >= 4 is 0 Å². The lowest BCUT2D eigenvalue weighted by Crippen LogP contribution is -2.09. The fourth-order valence-corrected chi connectivity index (χ4v) is 0.909. The summed E-state index contributed by atoms with van der Waals surface area (Å²) in [5, 5.41) is 8.72. The van der Waals surface area contributed by atoms with Crippen molar-refractivity contribution in [3.63, 3.8) is 0 Å². The van der Waals surface area contributed by atoms with Gasteiger partial charge in [0.2, 0.25) is 11.2 Å². The second-order valence-corrected chi connectivity index (χ2v) is 3.13. The summed E-state index contributed by atoms with van der Waals surface area (Å²) in [6.07, 6.45) is 2.01. The van der Waals surface area contributed by atoms with Gasteiger partial charge in [0, 0.05) is 6.07 Å². The summed E-state index contributed by atoms with van der Waals surface area (Å²) < 4.78 is 10.2. The van der Waals surface area contributed by atoms with Gasteiger partial charge in [0.05, 0.1) is 0 Å². The van der Waals surface area contributed by atoms with Gasteiger partial charge in [0.15, 0.2) is 0 Å². The van der Waals surface area contributed by atoms with E-state index in [1.165, 1.54) is 12.3 Å². The Bertz CT molecular complexity index is 392. The van der Waals surface area contributed by atoms with E-state index in [2.05, 4.69) is 6.58 Å². The van der Waals surface area contributed by atoms with Crippen LogP contribution in [0.15, 0.2) is 33.7 Å². The summed E-state index contributed by atoms with van der Waals surface area (Å²) in [6, 6.07) is 1.21. The predicted octanol–water partition coefficient (Wildman–Crippen LogP) is 1.48. The van der Waals surface area contributed by atoms with Crippen LogP contribution in [0.5, 0.6) is 5.75 Å². The number of hydrogen-bond donors (Lipinski definition) is 1.